The summed E-state index contributed by atoms with van der Waals surface area (Å²) >= 11 is 3.34. The van der Waals surface area contributed by atoms with Crippen LogP contribution in [0.1, 0.15) is 0 Å². The largest absolute Gasteiger partial charge is 0.351 e. The van der Waals surface area contributed by atoms with Gasteiger partial charge in [0.1, 0.15) is 0 Å². The third-order valence-corrected chi connectivity index (χ3v) is 2.49. The minimum atomic E-state index is -0.565. The van der Waals surface area contributed by atoms with Gasteiger partial charge in [0.15, 0.2) is 0 Å². The first-order valence-electron chi connectivity index (χ1n) is 4.57. The molecule has 0 saturated heterocycles. The van der Waals surface area contributed by atoms with Gasteiger partial charge in [0.2, 0.25) is 5.96 Å². The minimum Gasteiger partial charge on any atom is -0.351 e. The zero-order chi connectivity index (χ0) is 12.1. The van der Waals surface area contributed by atoms with E-state index >= 15 is 0 Å². The fourth-order valence-electron chi connectivity index (χ4n) is 1.06. The van der Waals surface area contributed by atoms with Gasteiger partial charge in [-0.3, -0.25) is 9.89 Å². The smallest absolute Gasteiger partial charge is 0.321 e. The summed E-state index contributed by atoms with van der Waals surface area (Å²) in [5.74, 6) is 0.398. The second-order valence-corrected chi connectivity index (χ2v) is 3.99. The number of guanidine groups is 1. The summed E-state index contributed by atoms with van der Waals surface area (Å²) in [6.07, 6.45) is 0. The van der Waals surface area contributed by atoms with Gasteiger partial charge in [0, 0.05) is 24.3 Å². The lowest BCUT2D eigenvalue weighted by atomic mass is 10.3. The van der Waals surface area contributed by atoms with Crippen LogP contribution in [-0.4, -0.2) is 31.0 Å². The summed E-state index contributed by atoms with van der Waals surface area (Å²) < 4.78 is 0.983. The number of nitrogens with one attached hydrogen (secondary N) is 1. The fraction of sp³-hybridized carbons (Fsp3) is 0.200. The van der Waals surface area contributed by atoms with Gasteiger partial charge < -0.3 is 11.1 Å². The number of halogens is 1. The van der Waals surface area contributed by atoms with E-state index in [1.807, 2.05) is 24.3 Å². The molecule has 0 radical (unpaired) electrons. The number of primary amides is 1. The Morgan fingerprint density at radius 3 is 2.44 bits per heavy atom. The maximum absolute atomic E-state index is 11.0. The summed E-state index contributed by atoms with van der Waals surface area (Å²) in [6.45, 7) is 0. The Kier molecular flexibility index (Phi) is 4.30. The summed E-state index contributed by atoms with van der Waals surface area (Å²) in [4.78, 5) is 16.1. The van der Waals surface area contributed by atoms with Crippen molar-refractivity contribution in [3.05, 3.63) is 28.7 Å². The highest BCUT2D eigenvalue weighted by Gasteiger charge is 2.10. The Balaban J connectivity index is 2.79. The van der Waals surface area contributed by atoms with Gasteiger partial charge in [-0.1, -0.05) is 15.9 Å². The van der Waals surface area contributed by atoms with Crippen LogP contribution in [0.25, 0.3) is 0 Å². The van der Waals surface area contributed by atoms with Crippen molar-refractivity contribution in [3.63, 3.8) is 0 Å². The molecule has 16 heavy (non-hydrogen) atoms. The molecule has 3 N–H and O–H groups in total. The topological polar surface area (TPSA) is 70.7 Å². The number of urea groups is 1. The van der Waals surface area contributed by atoms with Gasteiger partial charge in [-0.2, -0.15) is 0 Å². The van der Waals surface area contributed by atoms with Gasteiger partial charge in [-0.05, 0) is 24.3 Å². The second-order valence-electron chi connectivity index (χ2n) is 3.08. The lowest BCUT2D eigenvalue weighted by Crippen LogP contribution is -2.41. The Morgan fingerprint density at radius 1 is 1.44 bits per heavy atom. The van der Waals surface area contributed by atoms with Gasteiger partial charge in [-0.15, -0.1) is 0 Å². The summed E-state index contributed by atoms with van der Waals surface area (Å²) in [7, 11) is 3.14. The summed E-state index contributed by atoms with van der Waals surface area (Å²) in [5, 5.41) is 2.99. The molecule has 0 atom stereocenters. The monoisotopic (exact) mass is 284 g/mol. The fourth-order valence-corrected chi connectivity index (χ4v) is 1.32. The summed E-state index contributed by atoms with van der Waals surface area (Å²) in [5.41, 5.74) is 5.98. The number of hydrogen-bond acceptors (Lipinski definition) is 2. The summed E-state index contributed by atoms with van der Waals surface area (Å²) in [6, 6.07) is 6.94. The normalized spacial score (nSPS) is 11.1. The number of anilines is 1. The number of carbonyl (C=O) groups excluding carboxylic acids is 1. The van der Waals surface area contributed by atoms with Crippen LogP contribution in [-0.2, 0) is 0 Å². The van der Waals surface area contributed by atoms with Crippen molar-refractivity contribution in [2.24, 2.45) is 10.7 Å². The van der Waals surface area contributed by atoms with E-state index in [0.29, 0.717) is 5.96 Å². The van der Waals surface area contributed by atoms with E-state index in [4.69, 9.17) is 5.73 Å². The third-order valence-electron chi connectivity index (χ3n) is 1.96. The molecule has 86 valence electrons. The van der Waals surface area contributed by atoms with Gasteiger partial charge in [0.25, 0.3) is 0 Å². The molecule has 0 saturated carbocycles. The van der Waals surface area contributed by atoms with Crippen molar-refractivity contribution in [1.29, 1.82) is 0 Å². The lowest BCUT2D eigenvalue weighted by Gasteiger charge is -2.17. The van der Waals surface area contributed by atoms with Crippen molar-refractivity contribution in [2.45, 2.75) is 0 Å². The molecule has 1 aromatic rings. The number of carbonyl (C=O) groups is 1. The van der Waals surface area contributed by atoms with Crippen LogP contribution in [0.15, 0.2) is 33.7 Å². The van der Waals surface area contributed by atoms with Crippen LogP contribution in [0.4, 0.5) is 10.5 Å². The average molecular weight is 285 g/mol. The first-order chi connectivity index (χ1) is 7.54. The van der Waals surface area contributed by atoms with Crippen molar-refractivity contribution >= 4 is 33.6 Å². The Bertz CT molecular complexity index is 402. The van der Waals surface area contributed by atoms with Crippen LogP contribution in [0, 0.1) is 0 Å². The molecule has 0 aliphatic rings. The molecule has 2 amide bonds. The van der Waals surface area contributed by atoms with Gasteiger partial charge >= 0.3 is 6.03 Å². The molecule has 0 bridgehead atoms. The first-order valence-corrected chi connectivity index (χ1v) is 5.36. The molecular formula is C10H13BrN4O. The molecular weight excluding hydrogens is 272 g/mol. The standard InChI is InChI=1S/C10H13BrN4O/c1-13-10(15(2)9(12)16)14-8-5-3-7(11)4-6-8/h3-6H,1-2H3,(H2,12,16)(H,13,14). The SMILES string of the molecule is CN=C(Nc1ccc(Br)cc1)N(C)C(N)=O. The van der Waals surface area contributed by atoms with E-state index in [1.165, 1.54) is 4.90 Å². The minimum absolute atomic E-state index is 0.398. The van der Waals surface area contributed by atoms with Crippen molar-refractivity contribution in [2.75, 3.05) is 19.4 Å². The zero-order valence-corrected chi connectivity index (χ0v) is 10.7. The van der Waals surface area contributed by atoms with Gasteiger partial charge in [0.05, 0.1) is 0 Å². The van der Waals surface area contributed by atoms with Crippen molar-refractivity contribution < 1.29 is 4.79 Å². The highest BCUT2D eigenvalue weighted by molar-refractivity contribution is 9.10. The number of hydrogen-bond donors (Lipinski definition) is 2. The predicted molar refractivity (Wildman–Crippen MR) is 68.5 cm³/mol. The molecule has 0 fully saturated rings. The van der Waals surface area contributed by atoms with E-state index in [9.17, 15) is 4.79 Å². The van der Waals surface area contributed by atoms with Crippen LogP contribution < -0.4 is 11.1 Å². The van der Waals surface area contributed by atoms with Crippen LogP contribution in [0.2, 0.25) is 0 Å². The van der Waals surface area contributed by atoms with Crippen LogP contribution in [0.3, 0.4) is 0 Å². The molecule has 0 aliphatic heterocycles. The lowest BCUT2D eigenvalue weighted by molar-refractivity contribution is 0.235. The highest BCUT2D eigenvalue weighted by atomic mass is 79.9. The third kappa shape index (κ3) is 3.23. The van der Waals surface area contributed by atoms with Crippen molar-refractivity contribution in [1.82, 2.24) is 4.90 Å². The number of rotatable bonds is 1. The van der Waals surface area contributed by atoms with E-state index in [-0.39, 0.29) is 0 Å². The molecule has 5 nitrogen and oxygen atoms in total. The van der Waals surface area contributed by atoms with E-state index in [0.717, 1.165) is 10.2 Å². The average Bonchev–Trinajstić information content (AvgIpc) is 2.27. The first kappa shape index (κ1) is 12.5. The zero-order valence-electron chi connectivity index (χ0n) is 9.07. The van der Waals surface area contributed by atoms with Crippen LogP contribution in [0.5, 0.6) is 0 Å². The number of amides is 2. The van der Waals surface area contributed by atoms with Gasteiger partial charge in [-0.25, -0.2) is 4.79 Å². The van der Waals surface area contributed by atoms with E-state index < -0.39 is 6.03 Å². The molecule has 0 spiro atoms. The molecule has 1 aromatic carbocycles. The molecule has 6 heteroatoms. The highest BCUT2D eigenvalue weighted by Crippen LogP contribution is 2.14. The van der Waals surface area contributed by atoms with E-state index in [2.05, 4.69) is 26.2 Å². The Labute approximate surface area is 102 Å². The molecule has 0 heterocycles. The van der Waals surface area contributed by atoms with E-state index in [1.54, 1.807) is 14.1 Å². The number of benzene rings is 1. The second kappa shape index (κ2) is 5.50. The molecule has 0 aliphatic carbocycles. The maximum atomic E-state index is 11.0. The Hall–Kier alpha value is -1.56. The van der Waals surface area contributed by atoms with Crippen molar-refractivity contribution in [3.8, 4) is 0 Å². The molecule has 0 unspecified atom stereocenters. The molecule has 1 rings (SSSR count). The number of nitrogens with two attached hydrogens (primary N) is 1. The Morgan fingerprint density at radius 2 is 2.00 bits per heavy atom. The molecule has 0 aromatic heterocycles. The quantitative estimate of drug-likeness (QED) is 0.610. The predicted octanol–water partition coefficient (Wildman–Crippen LogP) is 1.86. The maximum Gasteiger partial charge on any atom is 0.321 e. The van der Waals surface area contributed by atoms with Crippen LogP contribution >= 0.6 is 15.9 Å². The number of aliphatic imine (C=N–C) groups is 1. The number of nitrogens with zero attached hydrogens (tertiary/aromatic N) is 2.